The third kappa shape index (κ3) is 5.10. The molecule has 5 N–H and O–H groups in total. The molecule has 0 bridgehead atoms. The molecule has 1 fully saturated rings. The van der Waals surface area contributed by atoms with Crippen molar-refractivity contribution >= 4 is 11.9 Å². The summed E-state index contributed by atoms with van der Waals surface area (Å²) in [6.45, 7) is 0.505. The molecule has 2 rings (SSSR count). The van der Waals surface area contributed by atoms with E-state index in [-0.39, 0.29) is 0 Å². The summed E-state index contributed by atoms with van der Waals surface area (Å²) < 4.78 is 0. The molecule has 0 heterocycles. The number of hydrogen-bond donors (Lipinski definition) is 3. The molecule has 1 amide bonds. The third-order valence-electron chi connectivity index (χ3n) is 3.88. The van der Waals surface area contributed by atoms with E-state index in [0.717, 1.165) is 5.56 Å². The number of carbonyl (C=O) groups is 1. The van der Waals surface area contributed by atoms with Crippen molar-refractivity contribution in [2.75, 3.05) is 0 Å². The second-order valence-electron chi connectivity index (χ2n) is 5.60. The zero-order valence-corrected chi connectivity index (χ0v) is 12.3. The number of hydrogen-bond acceptors (Lipinski definition) is 2. The van der Waals surface area contributed by atoms with Crippen LogP contribution in [0.25, 0.3) is 0 Å². The van der Waals surface area contributed by atoms with Crippen molar-refractivity contribution in [1.82, 2.24) is 5.32 Å². The summed E-state index contributed by atoms with van der Waals surface area (Å²) in [7, 11) is 0. The van der Waals surface area contributed by atoms with Gasteiger partial charge in [-0.05, 0) is 30.5 Å². The highest BCUT2D eigenvalue weighted by Gasteiger charge is 2.12. The maximum absolute atomic E-state index is 11.0. The SMILES string of the molecule is NC(=O)c1ccc(CN=C(N)NC2CCCCCC2)cc1. The van der Waals surface area contributed by atoms with Crippen molar-refractivity contribution in [3.63, 3.8) is 0 Å². The summed E-state index contributed by atoms with van der Waals surface area (Å²) in [5, 5.41) is 3.31. The van der Waals surface area contributed by atoms with Crippen LogP contribution in [0.15, 0.2) is 29.3 Å². The third-order valence-corrected chi connectivity index (χ3v) is 3.88. The Kier molecular flexibility index (Phi) is 5.60. The molecule has 0 atom stereocenters. The van der Waals surface area contributed by atoms with Gasteiger partial charge in [-0.1, -0.05) is 37.8 Å². The lowest BCUT2D eigenvalue weighted by Gasteiger charge is -2.16. The number of primary amides is 1. The smallest absolute Gasteiger partial charge is 0.248 e. The number of guanidine groups is 1. The van der Waals surface area contributed by atoms with Crippen molar-refractivity contribution in [3.8, 4) is 0 Å². The first-order chi connectivity index (χ1) is 10.1. The molecule has 114 valence electrons. The molecular weight excluding hydrogens is 264 g/mol. The van der Waals surface area contributed by atoms with Gasteiger partial charge in [0, 0.05) is 11.6 Å². The Hall–Kier alpha value is -2.04. The van der Waals surface area contributed by atoms with Crippen molar-refractivity contribution in [1.29, 1.82) is 0 Å². The molecule has 0 spiro atoms. The first-order valence-electron chi connectivity index (χ1n) is 7.60. The van der Waals surface area contributed by atoms with E-state index in [9.17, 15) is 4.79 Å². The first-order valence-corrected chi connectivity index (χ1v) is 7.60. The second-order valence-corrected chi connectivity index (χ2v) is 5.60. The number of nitrogens with one attached hydrogen (secondary N) is 1. The van der Waals surface area contributed by atoms with Crippen LogP contribution in [-0.2, 0) is 6.54 Å². The minimum atomic E-state index is -0.417. The van der Waals surface area contributed by atoms with Crippen molar-refractivity contribution < 1.29 is 4.79 Å². The molecule has 0 unspecified atom stereocenters. The summed E-state index contributed by atoms with van der Waals surface area (Å²) in [6.07, 6.45) is 7.51. The molecule has 1 aliphatic rings. The Labute approximate surface area is 125 Å². The lowest BCUT2D eigenvalue weighted by molar-refractivity contribution is 0.100. The van der Waals surface area contributed by atoms with E-state index in [1.807, 2.05) is 12.1 Å². The molecule has 0 saturated heterocycles. The zero-order chi connectivity index (χ0) is 15.1. The molecule has 0 aliphatic heterocycles. The van der Waals surface area contributed by atoms with E-state index in [4.69, 9.17) is 11.5 Å². The highest BCUT2D eigenvalue weighted by molar-refractivity contribution is 5.92. The van der Waals surface area contributed by atoms with Crippen LogP contribution in [0.5, 0.6) is 0 Å². The Morgan fingerprint density at radius 2 is 1.71 bits per heavy atom. The fraction of sp³-hybridized carbons (Fsp3) is 0.500. The summed E-state index contributed by atoms with van der Waals surface area (Å²) in [5.41, 5.74) is 12.7. The van der Waals surface area contributed by atoms with Crippen molar-refractivity contribution in [3.05, 3.63) is 35.4 Å². The Balaban J connectivity index is 1.85. The maximum atomic E-state index is 11.0. The van der Waals surface area contributed by atoms with Crippen LogP contribution >= 0.6 is 0 Å². The van der Waals surface area contributed by atoms with E-state index in [0.29, 0.717) is 24.1 Å². The van der Waals surface area contributed by atoms with Gasteiger partial charge in [0.2, 0.25) is 5.91 Å². The van der Waals surface area contributed by atoms with Gasteiger partial charge in [-0.15, -0.1) is 0 Å². The van der Waals surface area contributed by atoms with Gasteiger partial charge in [0.1, 0.15) is 0 Å². The minimum absolute atomic E-state index is 0.417. The summed E-state index contributed by atoms with van der Waals surface area (Å²) in [4.78, 5) is 15.4. The second kappa shape index (κ2) is 7.67. The van der Waals surface area contributed by atoms with E-state index in [2.05, 4.69) is 10.3 Å². The van der Waals surface area contributed by atoms with Crippen molar-refractivity contribution in [2.24, 2.45) is 16.5 Å². The molecule has 21 heavy (non-hydrogen) atoms. The van der Waals surface area contributed by atoms with Crippen LogP contribution in [0.4, 0.5) is 0 Å². The molecule has 5 nitrogen and oxygen atoms in total. The monoisotopic (exact) mass is 288 g/mol. The normalized spacial score (nSPS) is 17.2. The van der Waals surface area contributed by atoms with E-state index in [1.54, 1.807) is 12.1 Å². The molecule has 0 radical (unpaired) electrons. The fourth-order valence-electron chi connectivity index (χ4n) is 2.63. The predicted molar refractivity (Wildman–Crippen MR) is 84.9 cm³/mol. The highest BCUT2D eigenvalue weighted by Crippen LogP contribution is 2.17. The predicted octanol–water partition coefficient (Wildman–Crippen LogP) is 1.91. The van der Waals surface area contributed by atoms with E-state index < -0.39 is 5.91 Å². The lowest BCUT2D eigenvalue weighted by atomic mass is 10.1. The fourth-order valence-corrected chi connectivity index (χ4v) is 2.63. The van der Waals surface area contributed by atoms with Crippen molar-refractivity contribution in [2.45, 2.75) is 51.1 Å². The van der Waals surface area contributed by atoms with Gasteiger partial charge in [0.25, 0.3) is 0 Å². The summed E-state index contributed by atoms with van der Waals surface area (Å²) in [5.74, 6) is 0.0838. The number of aliphatic imine (C=N–C) groups is 1. The van der Waals surface area contributed by atoms with Gasteiger partial charge in [-0.25, -0.2) is 4.99 Å². The van der Waals surface area contributed by atoms with Crippen LogP contribution in [0, 0.1) is 0 Å². The van der Waals surface area contributed by atoms with Gasteiger partial charge in [-0.3, -0.25) is 4.79 Å². The van der Waals surface area contributed by atoms with Crippen LogP contribution in [0.2, 0.25) is 0 Å². The topological polar surface area (TPSA) is 93.5 Å². The van der Waals surface area contributed by atoms with Crippen LogP contribution in [-0.4, -0.2) is 17.9 Å². The lowest BCUT2D eigenvalue weighted by Crippen LogP contribution is -2.39. The Bertz CT molecular complexity index is 488. The summed E-state index contributed by atoms with van der Waals surface area (Å²) in [6, 6.07) is 7.57. The van der Waals surface area contributed by atoms with E-state index >= 15 is 0 Å². The highest BCUT2D eigenvalue weighted by atomic mass is 16.1. The molecule has 1 aliphatic carbocycles. The number of carbonyl (C=O) groups excluding carboxylic acids is 1. The molecule has 5 heteroatoms. The van der Waals surface area contributed by atoms with Crippen LogP contribution < -0.4 is 16.8 Å². The van der Waals surface area contributed by atoms with Gasteiger partial charge < -0.3 is 16.8 Å². The standard InChI is InChI=1S/C16H24N4O/c17-15(21)13-9-7-12(8-10-13)11-19-16(18)20-14-5-3-1-2-4-6-14/h7-10,14H,1-6,11H2,(H2,17,21)(H3,18,19,20). The first kappa shape index (κ1) is 15.4. The number of nitrogens with two attached hydrogens (primary N) is 2. The number of rotatable bonds is 4. The minimum Gasteiger partial charge on any atom is -0.370 e. The molecule has 1 aromatic rings. The van der Waals surface area contributed by atoms with Gasteiger partial charge >= 0.3 is 0 Å². The van der Waals surface area contributed by atoms with Crippen LogP contribution in [0.3, 0.4) is 0 Å². The molecule has 0 aromatic heterocycles. The molecular formula is C16H24N4O. The van der Waals surface area contributed by atoms with Gasteiger partial charge in [-0.2, -0.15) is 0 Å². The molecule has 1 saturated carbocycles. The number of benzene rings is 1. The van der Waals surface area contributed by atoms with E-state index in [1.165, 1.54) is 38.5 Å². The van der Waals surface area contributed by atoms with Gasteiger partial charge in [0.15, 0.2) is 5.96 Å². The largest absolute Gasteiger partial charge is 0.370 e. The average molecular weight is 288 g/mol. The number of amides is 1. The van der Waals surface area contributed by atoms with Gasteiger partial charge in [0.05, 0.1) is 6.54 Å². The number of nitrogens with zero attached hydrogens (tertiary/aromatic N) is 1. The Morgan fingerprint density at radius 1 is 1.10 bits per heavy atom. The summed E-state index contributed by atoms with van der Waals surface area (Å²) >= 11 is 0. The van der Waals surface area contributed by atoms with Crippen LogP contribution in [0.1, 0.15) is 54.4 Å². The zero-order valence-electron chi connectivity index (χ0n) is 12.3. The quantitative estimate of drug-likeness (QED) is 0.449. The maximum Gasteiger partial charge on any atom is 0.248 e. The Morgan fingerprint density at radius 3 is 2.29 bits per heavy atom. The molecule has 1 aromatic carbocycles. The average Bonchev–Trinajstić information content (AvgIpc) is 2.74.